The quantitative estimate of drug-likeness (QED) is 0.841. The number of hydrogen-bond donors (Lipinski definition) is 1. The maximum atomic E-state index is 11.4. The van der Waals surface area contributed by atoms with E-state index in [9.17, 15) is 4.79 Å². The van der Waals surface area contributed by atoms with Crippen LogP contribution in [0.4, 0.5) is 5.69 Å². The van der Waals surface area contributed by atoms with Crippen LogP contribution in [-0.4, -0.2) is 25.0 Å². The van der Waals surface area contributed by atoms with Crippen LogP contribution in [0.25, 0.3) is 0 Å². The Morgan fingerprint density at radius 1 is 1.50 bits per heavy atom. The molecule has 0 bridgehead atoms. The van der Waals surface area contributed by atoms with Gasteiger partial charge in [0, 0.05) is 6.42 Å². The van der Waals surface area contributed by atoms with E-state index in [2.05, 4.69) is 10.3 Å². The summed E-state index contributed by atoms with van der Waals surface area (Å²) in [6.07, 6.45) is 0.460. The molecule has 1 aromatic carbocycles. The molecule has 0 saturated heterocycles. The van der Waals surface area contributed by atoms with Gasteiger partial charge in [0.15, 0.2) is 0 Å². The van der Waals surface area contributed by atoms with Gasteiger partial charge in [0.25, 0.3) is 0 Å². The molecule has 1 heterocycles. The highest BCUT2D eigenvalue weighted by Crippen LogP contribution is 2.18. The summed E-state index contributed by atoms with van der Waals surface area (Å²) in [6, 6.07) is 7.54. The van der Waals surface area contributed by atoms with Crippen molar-refractivity contribution in [1.29, 1.82) is 0 Å². The Labute approximate surface area is 94.3 Å². The first-order valence-corrected chi connectivity index (χ1v) is 5.37. The minimum absolute atomic E-state index is 0.00829. The van der Waals surface area contributed by atoms with Gasteiger partial charge in [-0.15, -0.1) is 0 Å². The van der Waals surface area contributed by atoms with Crippen molar-refractivity contribution in [2.75, 3.05) is 18.5 Å². The Hall–Kier alpha value is -1.84. The number of nitrogens with one attached hydrogen (secondary N) is 1. The van der Waals surface area contributed by atoms with Gasteiger partial charge in [-0.05, 0) is 12.1 Å². The third kappa shape index (κ3) is 2.21. The Balaban J connectivity index is 2.26. The predicted octanol–water partition coefficient (Wildman–Crippen LogP) is 1.81. The molecule has 0 unspecified atom stereocenters. The lowest BCUT2D eigenvalue weighted by Crippen LogP contribution is -2.13. The molecule has 0 aliphatic carbocycles. The van der Waals surface area contributed by atoms with Gasteiger partial charge >= 0.3 is 0 Å². The van der Waals surface area contributed by atoms with Crippen molar-refractivity contribution in [3.63, 3.8) is 0 Å². The van der Waals surface area contributed by atoms with Gasteiger partial charge in [-0.3, -0.25) is 4.79 Å². The fourth-order valence-corrected chi connectivity index (χ4v) is 1.52. The first-order chi connectivity index (χ1) is 7.81. The third-order valence-corrected chi connectivity index (χ3v) is 2.34. The number of benzene rings is 1. The number of rotatable bonds is 3. The lowest BCUT2D eigenvalue weighted by Gasteiger charge is -2.09. The number of amides is 1. The van der Waals surface area contributed by atoms with Crippen LogP contribution in [0, 0.1) is 0 Å². The Morgan fingerprint density at radius 2 is 2.31 bits per heavy atom. The molecular formula is C12H14N2O2. The zero-order valence-electron chi connectivity index (χ0n) is 9.19. The highest BCUT2D eigenvalue weighted by molar-refractivity contribution is 6.04. The fraction of sp³-hybridized carbons (Fsp3) is 0.333. The summed E-state index contributed by atoms with van der Waals surface area (Å²) < 4.78 is 5.39. The Bertz CT molecular complexity index is 427. The van der Waals surface area contributed by atoms with Crippen LogP contribution >= 0.6 is 0 Å². The van der Waals surface area contributed by atoms with Gasteiger partial charge in [-0.25, -0.2) is 4.99 Å². The second-order valence-corrected chi connectivity index (χ2v) is 3.48. The summed E-state index contributed by atoms with van der Waals surface area (Å²) in [5, 5.41) is 2.84. The summed E-state index contributed by atoms with van der Waals surface area (Å²) in [6.45, 7) is 3.12. The largest absolute Gasteiger partial charge is 0.475 e. The van der Waals surface area contributed by atoms with Crippen LogP contribution in [-0.2, 0) is 9.53 Å². The number of hydrogen-bond acceptors (Lipinski definition) is 3. The van der Waals surface area contributed by atoms with E-state index < -0.39 is 0 Å². The number of anilines is 1. The molecule has 0 spiro atoms. The molecule has 84 valence electrons. The molecule has 2 rings (SSSR count). The number of aliphatic imine (C=N–C) groups is 1. The van der Waals surface area contributed by atoms with Crippen molar-refractivity contribution in [3.05, 3.63) is 29.8 Å². The molecule has 4 nitrogen and oxygen atoms in total. The average Bonchev–Trinajstić information content (AvgIpc) is 2.83. The molecule has 1 N–H and O–H groups in total. The highest BCUT2D eigenvalue weighted by atomic mass is 16.5. The smallest absolute Gasteiger partial charge is 0.224 e. The first kappa shape index (κ1) is 10.7. The normalized spacial score (nSPS) is 14.2. The summed E-state index contributed by atoms with van der Waals surface area (Å²) in [4.78, 5) is 15.6. The number of ether oxygens (including phenoxy) is 1. The Morgan fingerprint density at radius 3 is 3.00 bits per heavy atom. The van der Waals surface area contributed by atoms with E-state index in [-0.39, 0.29) is 5.91 Å². The van der Waals surface area contributed by atoms with Crippen molar-refractivity contribution in [2.24, 2.45) is 4.99 Å². The number of nitrogens with zero attached hydrogens (tertiary/aromatic N) is 1. The molecule has 1 aromatic rings. The van der Waals surface area contributed by atoms with Crippen molar-refractivity contribution in [1.82, 2.24) is 0 Å². The maximum Gasteiger partial charge on any atom is 0.224 e. The van der Waals surface area contributed by atoms with E-state index in [0.29, 0.717) is 25.5 Å². The number of carbonyl (C=O) groups excluding carboxylic acids is 1. The van der Waals surface area contributed by atoms with Crippen molar-refractivity contribution in [3.8, 4) is 0 Å². The third-order valence-electron chi connectivity index (χ3n) is 2.34. The topological polar surface area (TPSA) is 50.7 Å². The highest BCUT2D eigenvalue weighted by Gasteiger charge is 2.14. The van der Waals surface area contributed by atoms with Crippen LogP contribution in [0.2, 0.25) is 0 Å². The predicted molar refractivity (Wildman–Crippen MR) is 62.7 cm³/mol. The van der Waals surface area contributed by atoms with E-state index >= 15 is 0 Å². The molecule has 0 atom stereocenters. The summed E-state index contributed by atoms with van der Waals surface area (Å²) in [5.41, 5.74) is 1.61. The average molecular weight is 218 g/mol. The second kappa shape index (κ2) is 4.79. The molecule has 16 heavy (non-hydrogen) atoms. The van der Waals surface area contributed by atoms with Crippen LogP contribution in [0.15, 0.2) is 29.3 Å². The molecule has 1 amide bonds. The van der Waals surface area contributed by atoms with Crippen molar-refractivity contribution >= 4 is 17.5 Å². The zero-order valence-corrected chi connectivity index (χ0v) is 9.19. The summed E-state index contributed by atoms with van der Waals surface area (Å²) in [5.74, 6) is 0.609. The number of para-hydroxylation sites is 1. The van der Waals surface area contributed by atoms with Gasteiger partial charge < -0.3 is 10.1 Å². The van der Waals surface area contributed by atoms with Crippen molar-refractivity contribution in [2.45, 2.75) is 13.3 Å². The minimum atomic E-state index is -0.00829. The summed E-state index contributed by atoms with van der Waals surface area (Å²) in [7, 11) is 0. The SMILES string of the molecule is CCC(=O)Nc1ccccc1C1=NCCO1. The van der Waals surface area contributed by atoms with Crippen LogP contribution in [0.1, 0.15) is 18.9 Å². The molecule has 0 aromatic heterocycles. The van der Waals surface area contributed by atoms with Gasteiger partial charge in [0.1, 0.15) is 6.61 Å². The van der Waals surface area contributed by atoms with Crippen LogP contribution < -0.4 is 5.32 Å². The lowest BCUT2D eigenvalue weighted by molar-refractivity contribution is -0.115. The van der Waals surface area contributed by atoms with E-state index in [4.69, 9.17) is 4.74 Å². The van der Waals surface area contributed by atoms with E-state index in [1.165, 1.54) is 0 Å². The number of carbonyl (C=O) groups is 1. The van der Waals surface area contributed by atoms with Crippen molar-refractivity contribution < 1.29 is 9.53 Å². The molecule has 0 fully saturated rings. The van der Waals surface area contributed by atoms with E-state index in [1.807, 2.05) is 31.2 Å². The molecule has 4 heteroatoms. The molecule has 1 aliphatic heterocycles. The summed E-state index contributed by atoms with van der Waals surface area (Å²) >= 11 is 0. The Kier molecular flexibility index (Phi) is 3.19. The van der Waals surface area contributed by atoms with E-state index in [0.717, 1.165) is 11.3 Å². The molecule has 0 radical (unpaired) electrons. The van der Waals surface area contributed by atoms with Gasteiger partial charge in [-0.1, -0.05) is 19.1 Å². The second-order valence-electron chi connectivity index (χ2n) is 3.48. The maximum absolute atomic E-state index is 11.4. The lowest BCUT2D eigenvalue weighted by atomic mass is 10.1. The monoisotopic (exact) mass is 218 g/mol. The minimum Gasteiger partial charge on any atom is -0.475 e. The fourth-order valence-electron chi connectivity index (χ4n) is 1.52. The zero-order chi connectivity index (χ0) is 11.4. The standard InChI is InChI=1S/C12H14N2O2/c1-2-11(15)14-10-6-4-3-5-9(10)12-13-7-8-16-12/h3-6H,2,7-8H2,1H3,(H,14,15). The van der Waals surface area contributed by atoms with Gasteiger partial charge in [0.2, 0.25) is 11.8 Å². The molecular weight excluding hydrogens is 204 g/mol. The van der Waals surface area contributed by atoms with Gasteiger partial charge in [0.05, 0.1) is 17.8 Å². The van der Waals surface area contributed by atoms with Crippen LogP contribution in [0.5, 0.6) is 0 Å². The molecule has 1 aliphatic rings. The van der Waals surface area contributed by atoms with Gasteiger partial charge in [-0.2, -0.15) is 0 Å². The first-order valence-electron chi connectivity index (χ1n) is 5.37. The van der Waals surface area contributed by atoms with E-state index in [1.54, 1.807) is 0 Å². The van der Waals surface area contributed by atoms with Crippen LogP contribution in [0.3, 0.4) is 0 Å². The molecule has 0 saturated carbocycles.